The van der Waals surface area contributed by atoms with Crippen LogP contribution in [0.15, 0.2) is 48.5 Å². The van der Waals surface area contributed by atoms with E-state index in [1.807, 2.05) is 31.2 Å². The normalized spacial score (nSPS) is 14.8. The Hall–Kier alpha value is -3.62. The Balaban J connectivity index is 1.54. The highest BCUT2D eigenvalue weighted by Crippen LogP contribution is 2.22. The molecule has 2 amide bonds. The fraction of sp³-hybridized carbons (Fsp3) is 0.375. The number of nitrogens with zero attached hydrogens (tertiary/aromatic N) is 5. The maximum Gasteiger partial charge on any atom is 0.251 e. The van der Waals surface area contributed by atoms with E-state index in [1.165, 1.54) is 27.9 Å². The maximum atomic E-state index is 14.0. The Bertz CT molecular complexity index is 1120. The van der Waals surface area contributed by atoms with E-state index in [0.29, 0.717) is 11.5 Å². The van der Waals surface area contributed by atoms with Crippen molar-refractivity contribution >= 4 is 17.5 Å². The van der Waals surface area contributed by atoms with Gasteiger partial charge in [0.25, 0.3) is 5.91 Å². The van der Waals surface area contributed by atoms with Gasteiger partial charge in [0, 0.05) is 17.3 Å². The lowest BCUT2D eigenvalue weighted by atomic mass is 10.1. The average molecular weight is 451 g/mol. The molecule has 3 aromatic rings. The summed E-state index contributed by atoms with van der Waals surface area (Å²) in [4.78, 5) is 28.7. The van der Waals surface area contributed by atoms with Crippen molar-refractivity contribution in [1.82, 2.24) is 25.5 Å². The summed E-state index contributed by atoms with van der Waals surface area (Å²) in [5.74, 6) is -0.810. The first-order chi connectivity index (χ1) is 15.9. The quantitative estimate of drug-likeness (QED) is 0.596. The molecule has 0 saturated heterocycles. The number of nitrogens with one attached hydrogen (secondary N) is 1. The Kier molecular flexibility index (Phi) is 6.76. The number of halogens is 1. The molecule has 33 heavy (non-hydrogen) atoms. The van der Waals surface area contributed by atoms with Crippen LogP contribution in [0.5, 0.6) is 0 Å². The van der Waals surface area contributed by atoms with Gasteiger partial charge in [-0.25, -0.2) is 4.39 Å². The van der Waals surface area contributed by atoms with Crippen LogP contribution in [0.3, 0.4) is 0 Å². The Morgan fingerprint density at radius 3 is 2.61 bits per heavy atom. The van der Waals surface area contributed by atoms with Gasteiger partial charge in [-0.1, -0.05) is 48.7 Å². The van der Waals surface area contributed by atoms with E-state index >= 15 is 0 Å². The van der Waals surface area contributed by atoms with E-state index in [2.05, 4.69) is 20.7 Å². The molecular weight excluding hydrogens is 423 g/mol. The molecule has 9 heteroatoms. The van der Waals surface area contributed by atoms with Gasteiger partial charge in [0.15, 0.2) is 0 Å². The van der Waals surface area contributed by atoms with Gasteiger partial charge >= 0.3 is 0 Å². The monoisotopic (exact) mass is 450 g/mol. The predicted octanol–water partition coefficient (Wildman–Crippen LogP) is 3.27. The summed E-state index contributed by atoms with van der Waals surface area (Å²) in [5.41, 5.74) is 2.19. The van der Waals surface area contributed by atoms with Gasteiger partial charge in [0.05, 0.1) is 0 Å². The largest absolute Gasteiger partial charge is 0.352 e. The lowest BCUT2D eigenvalue weighted by Gasteiger charge is -2.29. The van der Waals surface area contributed by atoms with Crippen molar-refractivity contribution in [3.05, 3.63) is 59.9 Å². The standard InChI is InChI=1S/C24H27FN6O2/c1-16-10-12-18(13-11-16)23-27-29-30(28-23)15-22(32)31(21-9-5-6-19(25)14-21)17(2)24(33)26-20-7-3-4-8-20/h5-6,9-14,17,20H,3-4,7-8,15H2,1-2H3,(H,26,33). The number of hydrogen-bond donors (Lipinski definition) is 1. The van der Waals surface area contributed by atoms with Crippen LogP contribution in [-0.4, -0.2) is 44.1 Å². The molecule has 2 aromatic carbocycles. The first-order valence-electron chi connectivity index (χ1n) is 11.1. The lowest BCUT2D eigenvalue weighted by Crippen LogP contribution is -2.51. The summed E-state index contributed by atoms with van der Waals surface area (Å²) in [6, 6.07) is 12.6. The van der Waals surface area contributed by atoms with E-state index in [0.717, 1.165) is 36.8 Å². The number of amides is 2. The van der Waals surface area contributed by atoms with Crippen LogP contribution in [0, 0.1) is 12.7 Å². The second-order valence-corrected chi connectivity index (χ2v) is 8.42. The Morgan fingerprint density at radius 1 is 1.18 bits per heavy atom. The van der Waals surface area contributed by atoms with E-state index in [4.69, 9.17) is 0 Å². The maximum absolute atomic E-state index is 14.0. The van der Waals surface area contributed by atoms with Gasteiger partial charge in [-0.3, -0.25) is 14.5 Å². The van der Waals surface area contributed by atoms with Crippen molar-refractivity contribution in [2.75, 3.05) is 4.90 Å². The molecule has 1 unspecified atom stereocenters. The molecule has 1 saturated carbocycles. The average Bonchev–Trinajstić information content (AvgIpc) is 3.47. The van der Waals surface area contributed by atoms with Crippen LogP contribution in [0.25, 0.3) is 11.4 Å². The molecule has 0 spiro atoms. The zero-order valence-corrected chi connectivity index (χ0v) is 18.7. The third-order valence-electron chi connectivity index (χ3n) is 5.86. The SMILES string of the molecule is Cc1ccc(-c2nnn(CC(=O)N(c3cccc(F)c3)C(C)C(=O)NC3CCCC3)n2)cc1. The van der Waals surface area contributed by atoms with Crippen LogP contribution < -0.4 is 10.2 Å². The van der Waals surface area contributed by atoms with E-state index in [1.54, 1.807) is 13.0 Å². The third kappa shape index (κ3) is 5.42. The number of anilines is 1. The first-order valence-corrected chi connectivity index (χ1v) is 11.1. The van der Waals surface area contributed by atoms with Gasteiger partial charge in [-0.15, -0.1) is 10.2 Å². The predicted molar refractivity (Wildman–Crippen MR) is 122 cm³/mol. The van der Waals surface area contributed by atoms with Crippen molar-refractivity contribution in [2.45, 2.75) is 58.2 Å². The Labute approximate surface area is 191 Å². The minimum absolute atomic E-state index is 0.110. The van der Waals surface area contributed by atoms with Crippen molar-refractivity contribution < 1.29 is 14.0 Å². The highest BCUT2D eigenvalue weighted by molar-refractivity contribution is 6.00. The summed E-state index contributed by atoms with van der Waals surface area (Å²) in [7, 11) is 0. The van der Waals surface area contributed by atoms with Crippen molar-refractivity contribution in [1.29, 1.82) is 0 Å². The number of carbonyl (C=O) groups excluding carboxylic acids is 2. The Morgan fingerprint density at radius 2 is 1.91 bits per heavy atom. The first kappa shape index (κ1) is 22.6. The summed E-state index contributed by atoms with van der Waals surface area (Å²) in [5, 5.41) is 15.3. The summed E-state index contributed by atoms with van der Waals surface area (Å²) >= 11 is 0. The molecule has 0 aliphatic heterocycles. The van der Waals surface area contributed by atoms with Crippen LogP contribution in [0.4, 0.5) is 10.1 Å². The van der Waals surface area contributed by atoms with E-state index in [9.17, 15) is 14.0 Å². The third-order valence-corrected chi connectivity index (χ3v) is 5.86. The molecule has 4 rings (SSSR count). The second kappa shape index (κ2) is 9.89. The fourth-order valence-electron chi connectivity index (χ4n) is 4.04. The number of benzene rings is 2. The number of carbonyl (C=O) groups is 2. The van der Waals surface area contributed by atoms with Crippen molar-refractivity contribution in [2.24, 2.45) is 0 Å². The summed E-state index contributed by atoms with van der Waals surface area (Å²) in [6.45, 7) is 3.38. The van der Waals surface area contributed by atoms with Crippen molar-refractivity contribution in [3.63, 3.8) is 0 Å². The molecule has 1 atom stereocenters. The van der Waals surface area contributed by atoms with E-state index < -0.39 is 17.8 Å². The molecule has 172 valence electrons. The molecule has 8 nitrogen and oxygen atoms in total. The zero-order valence-electron chi connectivity index (χ0n) is 18.7. The molecule has 0 radical (unpaired) electrons. The van der Waals surface area contributed by atoms with Gasteiger partial charge in [-0.05, 0) is 50.1 Å². The smallest absolute Gasteiger partial charge is 0.251 e. The van der Waals surface area contributed by atoms with E-state index in [-0.39, 0.29) is 18.5 Å². The number of aromatic nitrogens is 4. The second-order valence-electron chi connectivity index (χ2n) is 8.42. The molecule has 1 aliphatic rings. The van der Waals surface area contributed by atoms with Gasteiger partial charge in [-0.2, -0.15) is 4.80 Å². The molecule has 1 heterocycles. The summed E-state index contributed by atoms with van der Waals surface area (Å²) in [6.07, 6.45) is 4.01. The molecule has 1 aromatic heterocycles. The fourth-order valence-corrected chi connectivity index (χ4v) is 4.04. The number of rotatable bonds is 7. The number of aryl methyl sites for hydroxylation is 1. The number of hydrogen-bond acceptors (Lipinski definition) is 5. The minimum Gasteiger partial charge on any atom is -0.352 e. The molecular formula is C24H27FN6O2. The molecule has 1 aliphatic carbocycles. The van der Waals surface area contributed by atoms with Crippen LogP contribution in [0.2, 0.25) is 0 Å². The lowest BCUT2D eigenvalue weighted by molar-refractivity contribution is -0.127. The van der Waals surface area contributed by atoms with Gasteiger partial charge in [0.1, 0.15) is 18.4 Å². The van der Waals surface area contributed by atoms with Crippen molar-refractivity contribution in [3.8, 4) is 11.4 Å². The molecule has 0 bridgehead atoms. The zero-order chi connectivity index (χ0) is 23.4. The van der Waals surface area contributed by atoms with Crippen LogP contribution >= 0.6 is 0 Å². The highest BCUT2D eigenvalue weighted by atomic mass is 19.1. The topological polar surface area (TPSA) is 93.0 Å². The number of tetrazole rings is 1. The van der Waals surface area contributed by atoms with Gasteiger partial charge < -0.3 is 5.32 Å². The molecule has 1 N–H and O–H groups in total. The minimum atomic E-state index is -0.833. The van der Waals surface area contributed by atoms with Gasteiger partial charge in [0.2, 0.25) is 11.7 Å². The highest BCUT2D eigenvalue weighted by Gasteiger charge is 2.30. The summed E-state index contributed by atoms with van der Waals surface area (Å²) < 4.78 is 14.0. The molecule has 1 fully saturated rings. The van der Waals surface area contributed by atoms with Crippen LogP contribution in [-0.2, 0) is 16.1 Å². The van der Waals surface area contributed by atoms with Crippen LogP contribution in [0.1, 0.15) is 38.2 Å².